The van der Waals surface area contributed by atoms with Gasteiger partial charge in [-0.15, -0.1) is 0 Å². The van der Waals surface area contributed by atoms with Crippen molar-refractivity contribution >= 4 is 16.7 Å². The molecule has 3 heterocycles. The van der Waals surface area contributed by atoms with Gasteiger partial charge in [0.25, 0.3) is 0 Å². The van der Waals surface area contributed by atoms with Crippen molar-refractivity contribution in [1.29, 1.82) is 0 Å². The van der Waals surface area contributed by atoms with Crippen molar-refractivity contribution in [2.45, 2.75) is 19.4 Å². The number of hydrogen-bond donors (Lipinski definition) is 1. The van der Waals surface area contributed by atoms with Crippen LogP contribution in [-0.2, 0) is 4.74 Å². The second-order valence-corrected chi connectivity index (χ2v) is 4.55. The molecule has 0 bridgehead atoms. The fraction of sp³-hybridized carbons (Fsp3) is 0.462. The molecule has 4 nitrogen and oxygen atoms in total. The van der Waals surface area contributed by atoms with Crippen LogP contribution in [0.3, 0.4) is 0 Å². The van der Waals surface area contributed by atoms with Gasteiger partial charge in [-0.1, -0.05) is 0 Å². The van der Waals surface area contributed by atoms with E-state index in [1.54, 1.807) is 0 Å². The molecule has 17 heavy (non-hydrogen) atoms. The summed E-state index contributed by atoms with van der Waals surface area (Å²) in [5.74, 6) is 1.07. The molecular weight excluding hydrogens is 214 g/mol. The smallest absolute Gasteiger partial charge is 0.138 e. The van der Waals surface area contributed by atoms with Gasteiger partial charge in [0.1, 0.15) is 5.82 Å². The number of nitrogens with zero attached hydrogens (tertiary/aromatic N) is 2. The van der Waals surface area contributed by atoms with Crippen molar-refractivity contribution in [2.75, 3.05) is 24.6 Å². The summed E-state index contributed by atoms with van der Waals surface area (Å²) in [6, 6.07) is 4.10. The number of H-pyrrole nitrogens is 1. The Hall–Kier alpha value is -1.55. The second-order valence-electron chi connectivity index (χ2n) is 4.55. The van der Waals surface area contributed by atoms with Crippen LogP contribution in [0.25, 0.3) is 10.9 Å². The van der Waals surface area contributed by atoms with Crippen LogP contribution in [0.2, 0.25) is 0 Å². The quantitative estimate of drug-likeness (QED) is 0.817. The van der Waals surface area contributed by atoms with Gasteiger partial charge in [-0.3, -0.25) is 0 Å². The Morgan fingerprint density at radius 1 is 1.47 bits per heavy atom. The van der Waals surface area contributed by atoms with Crippen LogP contribution >= 0.6 is 0 Å². The molecule has 0 aliphatic carbocycles. The van der Waals surface area contributed by atoms with Gasteiger partial charge < -0.3 is 14.6 Å². The highest BCUT2D eigenvalue weighted by atomic mass is 16.5. The van der Waals surface area contributed by atoms with E-state index in [2.05, 4.69) is 27.9 Å². The van der Waals surface area contributed by atoms with E-state index in [0.717, 1.165) is 37.5 Å². The molecule has 1 aliphatic rings. The molecule has 1 atom stereocenters. The lowest BCUT2D eigenvalue weighted by Gasteiger charge is -2.23. The maximum atomic E-state index is 5.67. The number of aromatic amines is 1. The minimum atomic E-state index is 0.272. The first-order valence-electron chi connectivity index (χ1n) is 6.13. The van der Waals surface area contributed by atoms with E-state index in [9.17, 15) is 0 Å². The standard InChI is InChI=1S/C13H17N3O/c1-10-9-16(7-2-8-17-10)13-11-3-5-14-12(11)4-6-15-13/h3-6,10,14H,2,7-9H2,1H3/t10-/m1/s1. The van der Waals surface area contributed by atoms with Crippen LogP contribution in [0.1, 0.15) is 13.3 Å². The Bertz CT molecular complexity index is 508. The lowest BCUT2D eigenvalue weighted by atomic mass is 10.2. The number of pyridine rings is 1. The Balaban J connectivity index is 1.99. The van der Waals surface area contributed by atoms with E-state index in [4.69, 9.17) is 4.74 Å². The lowest BCUT2D eigenvalue weighted by Crippen LogP contribution is -2.30. The molecule has 2 aromatic heterocycles. The molecule has 1 saturated heterocycles. The number of fused-ring (bicyclic) bond motifs is 1. The SMILES string of the molecule is C[C@@H]1CN(c2nccc3[nH]ccc23)CCCO1. The van der Waals surface area contributed by atoms with Crippen LogP contribution in [0.5, 0.6) is 0 Å². The predicted octanol–water partition coefficient (Wildman–Crippen LogP) is 2.18. The predicted molar refractivity (Wildman–Crippen MR) is 68.3 cm³/mol. The summed E-state index contributed by atoms with van der Waals surface area (Å²) >= 11 is 0. The first-order valence-corrected chi connectivity index (χ1v) is 6.13. The van der Waals surface area contributed by atoms with E-state index < -0.39 is 0 Å². The zero-order valence-electron chi connectivity index (χ0n) is 10.0. The maximum absolute atomic E-state index is 5.67. The van der Waals surface area contributed by atoms with Gasteiger partial charge in [-0.05, 0) is 25.5 Å². The van der Waals surface area contributed by atoms with E-state index >= 15 is 0 Å². The maximum Gasteiger partial charge on any atom is 0.138 e. The van der Waals surface area contributed by atoms with Gasteiger partial charge in [-0.25, -0.2) is 4.98 Å². The van der Waals surface area contributed by atoms with Crippen LogP contribution in [0.15, 0.2) is 24.5 Å². The van der Waals surface area contributed by atoms with E-state index in [0.29, 0.717) is 0 Å². The van der Waals surface area contributed by atoms with Gasteiger partial charge in [0.2, 0.25) is 0 Å². The average molecular weight is 231 g/mol. The Labute approximate surface area is 101 Å². The fourth-order valence-electron chi connectivity index (χ4n) is 2.41. The fourth-order valence-corrected chi connectivity index (χ4v) is 2.41. The third-order valence-electron chi connectivity index (χ3n) is 3.21. The van der Waals surface area contributed by atoms with E-state index in [1.165, 1.54) is 5.39 Å². The topological polar surface area (TPSA) is 41.2 Å². The third-order valence-corrected chi connectivity index (χ3v) is 3.21. The zero-order valence-corrected chi connectivity index (χ0v) is 10.0. The van der Waals surface area contributed by atoms with Crippen molar-refractivity contribution in [3.63, 3.8) is 0 Å². The largest absolute Gasteiger partial charge is 0.377 e. The molecular formula is C13H17N3O. The highest BCUT2D eigenvalue weighted by Gasteiger charge is 2.18. The molecule has 0 spiro atoms. The molecule has 1 aliphatic heterocycles. The highest BCUT2D eigenvalue weighted by molar-refractivity contribution is 5.89. The zero-order chi connectivity index (χ0) is 11.7. The Morgan fingerprint density at radius 3 is 3.35 bits per heavy atom. The summed E-state index contributed by atoms with van der Waals surface area (Å²) < 4.78 is 5.67. The number of ether oxygens (including phenoxy) is 1. The molecule has 90 valence electrons. The van der Waals surface area contributed by atoms with E-state index in [1.807, 2.05) is 18.5 Å². The lowest BCUT2D eigenvalue weighted by molar-refractivity contribution is 0.0820. The van der Waals surface area contributed by atoms with E-state index in [-0.39, 0.29) is 6.10 Å². The molecule has 2 aromatic rings. The number of hydrogen-bond acceptors (Lipinski definition) is 3. The number of rotatable bonds is 1. The van der Waals surface area contributed by atoms with Gasteiger partial charge in [0, 0.05) is 37.5 Å². The molecule has 1 N–H and O–H groups in total. The molecule has 1 fully saturated rings. The molecule has 0 radical (unpaired) electrons. The summed E-state index contributed by atoms with van der Waals surface area (Å²) in [4.78, 5) is 10.1. The van der Waals surface area contributed by atoms with Crippen molar-refractivity contribution in [1.82, 2.24) is 9.97 Å². The van der Waals surface area contributed by atoms with Crippen LogP contribution < -0.4 is 4.90 Å². The molecule has 0 amide bonds. The summed E-state index contributed by atoms with van der Waals surface area (Å²) in [5, 5.41) is 1.20. The first-order chi connectivity index (χ1) is 8.34. The van der Waals surface area contributed by atoms with Crippen molar-refractivity contribution in [3.05, 3.63) is 24.5 Å². The van der Waals surface area contributed by atoms with Gasteiger partial charge in [-0.2, -0.15) is 0 Å². The molecule has 0 unspecified atom stereocenters. The number of nitrogens with one attached hydrogen (secondary N) is 1. The summed E-state index contributed by atoms with van der Waals surface area (Å²) in [5.41, 5.74) is 1.15. The van der Waals surface area contributed by atoms with Gasteiger partial charge in [0.05, 0.1) is 11.6 Å². The molecule has 0 aromatic carbocycles. The minimum absolute atomic E-state index is 0.272. The van der Waals surface area contributed by atoms with Crippen LogP contribution in [0, 0.1) is 0 Å². The second kappa shape index (κ2) is 4.37. The number of anilines is 1. The minimum Gasteiger partial charge on any atom is -0.377 e. The monoisotopic (exact) mass is 231 g/mol. The highest BCUT2D eigenvalue weighted by Crippen LogP contribution is 2.24. The van der Waals surface area contributed by atoms with Crippen molar-refractivity contribution in [3.8, 4) is 0 Å². The normalized spacial score (nSPS) is 21.7. The summed E-state index contributed by atoms with van der Waals surface area (Å²) in [7, 11) is 0. The van der Waals surface area contributed by atoms with Crippen LogP contribution in [-0.4, -0.2) is 35.8 Å². The van der Waals surface area contributed by atoms with Crippen molar-refractivity contribution < 1.29 is 4.74 Å². The average Bonchev–Trinajstić information content (AvgIpc) is 2.71. The van der Waals surface area contributed by atoms with Crippen molar-refractivity contribution in [2.24, 2.45) is 0 Å². The number of aromatic nitrogens is 2. The Kier molecular flexibility index (Phi) is 2.73. The van der Waals surface area contributed by atoms with Gasteiger partial charge >= 0.3 is 0 Å². The molecule has 4 heteroatoms. The third kappa shape index (κ3) is 2.00. The summed E-state index contributed by atoms with van der Waals surface area (Å²) in [6.45, 7) is 4.90. The van der Waals surface area contributed by atoms with Gasteiger partial charge in [0.15, 0.2) is 0 Å². The summed E-state index contributed by atoms with van der Waals surface area (Å²) in [6.07, 6.45) is 5.17. The first kappa shape index (κ1) is 10.6. The molecule has 0 saturated carbocycles. The molecule has 3 rings (SSSR count). The van der Waals surface area contributed by atoms with Crippen LogP contribution in [0.4, 0.5) is 5.82 Å². The Morgan fingerprint density at radius 2 is 2.41 bits per heavy atom.